The highest BCUT2D eigenvalue weighted by atomic mass is 16.5. The van der Waals surface area contributed by atoms with Gasteiger partial charge in [-0.3, -0.25) is 10.2 Å². The Morgan fingerprint density at radius 2 is 2.28 bits per heavy atom. The molecule has 5 N–H and O–H groups in total. The van der Waals surface area contributed by atoms with E-state index in [2.05, 4.69) is 26.9 Å². The summed E-state index contributed by atoms with van der Waals surface area (Å²) in [5, 5.41) is 1.12. The molecule has 0 bridgehead atoms. The number of ether oxygens (including phenoxy) is 1. The molecule has 7 nitrogen and oxygen atoms in total. The van der Waals surface area contributed by atoms with Crippen molar-refractivity contribution < 1.29 is 9.53 Å². The van der Waals surface area contributed by atoms with Crippen molar-refractivity contribution >= 4 is 16.9 Å². The van der Waals surface area contributed by atoms with E-state index in [0.717, 1.165) is 35.9 Å². The normalized spacial score (nSPS) is 29.4. The van der Waals surface area contributed by atoms with Crippen LogP contribution in [0.2, 0.25) is 0 Å². The number of fused-ring (bicyclic) bond motifs is 2. The molecule has 1 saturated heterocycles. The van der Waals surface area contributed by atoms with Gasteiger partial charge in [-0.2, -0.15) is 0 Å². The minimum absolute atomic E-state index is 0.0686. The molecule has 2 aromatic heterocycles. The number of H-pyrrole nitrogens is 1. The number of nitrogens with zero attached hydrogens (tertiary/aromatic N) is 1. The van der Waals surface area contributed by atoms with Crippen molar-refractivity contribution in [2.75, 3.05) is 13.7 Å². The maximum absolute atomic E-state index is 12.1. The molecule has 4 rings (SSSR count). The van der Waals surface area contributed by atoms with Gasteiger partial charge >= 0.3 is 0 Å². The van der Waals surface area contributed by atoms with E-state index in [1.54, 1.807) is 7.11 Å². The van der Waals surface area contributed by atoms with Crippen molar-refractivity contribution in [3.8, 4) is 0 Å². The highest BCUT2D eigenvalue weighted by Gasteiger charge is 2.42. The lowest BCUT2D eigenvalue weighted by Crippen LogP contribution is -2.62. The van der Waals surface area contributed by atoms with Gasteiger partial charge in [0, 0.05) is 49.0 Å². The van der Waals surface area contributed by atoms with E-state index in [4.69, 9.17) is 10.5 Å². The molecule has 2 fully saturated rings. The van der Waals surface area contributed by atoms with Gasteiger partial charge in [-0.15, -0.1) is 0 Å². The lowest BCUT2D eigenvalue weighted by atomic mass is 9.68. The van der Waals surface area contributed by atoms with Gasteiger partial charge in [-0.05, 0) is 42.7 Å². The summed E-state index contributed by atoms with van der Waals surface area (Å²) >= 11 is 0. The van der Waals surface area contributed by atoms with Crippen LogP contribution < -0.4 is 16.6 Å². The summed E-state index contributed by atoms with van der Waals surface area (Å²) in [6.45, 7) is 1.10. The minimum Gasteiger partial charge on any atom is -0.380 e. The van der Waals surface area contributed by atoms with Crippen LogP contribution in [0.4, 0.5) is 0 Å². The van der Waals surface area contributed by atoms with Crippen molar-refractivity contribution in [1.29, 1.82) is 0 Å². The number of rotatable bonds is 4. The number of aromatic amines is 1. The van der Waals surface area contributed by atoms with Crippen LogP contribution in [0.3, 0.4) is 0 Å². The Morgan fingerprint density at radius 1 is 1.40 bits per heavy atom. The van der Waals surface area contributed by atoms with Gasteiger partial charge in [0.15, 0.2) is 0 Å². The van der Waals surface area contributed by atoms with Crippen molar-refractivity contribution in [2.45, 2.75) is 37.8 Å². The highest BCUT2D eigenvalue weighted by molar-refractivity contribution is 5.81. The molecule has 25 heavy (non-hydrogen) atoms. The van der Waals surface area contributed by atoms with Crippen molar-refractivity contribution in [3.63, 3.8) is 0 Å². The van der Waals surface area contributed by atoms with E-state index in [1.165, 1.54) is 5.56 Å². The molecule has 1 aliphatic heterocycles. The molecule has 1 saturated carbocycles. The second kappa shape index (κ2) is 6.74. The third kappa shape index (κ3) is 2.92. The standard InChI is InChI=1S/C18H25N5O2/c1-25-9-12-8-21-17-14(12)5-11(7-20-17)10-2-3-13-15(4-10)16(6-19)22-23-18(13)24/h5,7-8,10,13,15-16,22H,2-4,6,9,19H2,1H3,(H,20,21)(H,23,24). The van der Waals surface area contributed by atoms with Crippen LogP contribution in [0, 0.1) is 11.8 Å². The first-order valence-electron chi connectivity index (χ1n) is 8.91. The topological polar surface area (TPSA) is 105 Å². The smallest absolute Gasteiger partial charge is 0.237 e. The molecule has 2 aromatic rings. The number of amides is 1. The Balaban J connectivity index is 1.60. The molecule has 0 aromatic carbocycles. The molecule has 0 radical (unpaired) electrons. The van der Waals surface area contributed by atoms with Crippen LogP contribution in [0.1, 0.15) is 36.3 Å². The Hall–Kier alpha value is -1.96. The van der Waals surface area contributed by atoms with Crippen LogP contribution in [-0.4, -0.2) is 35.6 Å². The number of carbonyl (C=O) groups excluding carboxylic acids is 1. The lowest BCUT2D eigenvalue weighted by molar-refractivity contribution is -0.133. The van der Waals surface area contributed by atoms with Gasteiger partial charge in [-0.25, -0.2) is 10.4 Å². The third-order valence-corrected chi connectivity index (χ3v) is 5.80. The van der Waals surface area contributed by atoms with Gasteiger partial charge in [-0.1, -0.05) is 0 Å². The SMILES string of the molecule is COCc1c[nH]c2ncc(C3CCC4C(=O)NNC(CN)C4C3)cc12. The first-order chi connectivity index (χ1) is 12.2. The van der Waals surface area contributed by atoms with E-state index in [-0.39, 0.29) is 23.8 Å². The van der Waals surface area contributed by atoms with Gasteiger partial charge in [0.25, 0.3) is 0 Å². The molecule has 1 aliphatic carbocycles. The largest absolute Gasteiger partial charge is 0.380 e. The summed E-state index contributed by atoms with van der Waals surface area (Å²) < 4.78 is 5.28. The number of methoxy groups -OCH3 is 1. The van der Waals surface area contributed by atoms with Crippen LogP contribution in [0.15, 0.2) is 18.5 Å². The fourth-order valence-corrected chi connectivity index (χ4v) is 4.45. The quantitative estimate of drug-likeness (QED) is 0.667. The van der Waals surface area contributed by atoms with E-state index < -0.39 is 0 Å². The van der Waals surface area contributed by atoms with Gasteiger partial charge in [0.05, 0.1) is 6.61 Å². The van der Waals surface area contributed by atoms with Crippen LogP contribution in [0.5, 0.6) is 0 Å². The maximum Gasteiger partial charge on any atom is 0.237 e. The molecule has 4 atom stereocenters. The Kier molecular flexibility index (Phi) is 4.45. The average molecular weight is 343 g/mol. The second-order valence-corrected chi connectivity index (χ2v) is 7.17. The number of carbonyl (C=O) groups is 1. The van der Waals surface area contributed by atoms with E-state index in [9.17, 15) is 4.79 Å². The summed E-state index contributed by atoms with van der Waals surface area (Å²) in [5.41, 5.74) is 15.0. The molecule has 0 spiro atoms. The first kappa shape index (κ1) is 16.5. The van der Waals surface area contributed by atoms with Crippen molar-refractivity contribution in [3.05, 3.63) is 29.6 Å². The number of pyridine rings is 1. The van der Waals surface area contributed by atoms with E-state index >= 15 is 0 Å². The molecular weight excluding hydrogens is 318 g/mol. The average Bonchev–Trinajstić information content (AvgIpc) is 3.04. The van der Waals surface area contributed by atoms with Gasteiger partial charge < -0.3 is 15.5 Å². The number of aromatic nitrogens is 2. The number of hydrogen-bond donors (Lipinski definition) is 4. The van der Waals surface area contributed by atoms with Crippen molar-refractivity contribution in [2.24, 2.45) is 17.6 Å². The molecule has 1 amide bonds. The van der Waals surface area contributed by atoms with Crippen LogP contribution >= 0.6 is 0 Å². The third-order valence-electron chi connectivity index (χ3n) is 5.80. The van der Waals surface area contributed by atoms with Gasteiger partial charge in [0.1, 0.15) is 5.65 Å². The minimum atomic E-state index is 0.0686. The monoisotopic (exact) mass is 343 g/mol. The number of hydrogen-bond acceptors (Lipinski definition) is 5. The molecule has 3 heterocycles. The summed E-state index contributed by atoms with van der Waals surface area (Å²) in [6, 6.07) is 2.37. The van der Waals surface area contributed by atoms with Crippen molar-refractivity contribution in [1.82, 2.24) is 20.8 Å². The van der Waals surface area contributed by atoms with Gasteiger partial charge in [0.2, 0.25) is 5.91 Å². The van der Waals surface area contributed by atoms with Crippen LogP contribution in [-0.2, 0) is 16.1 Å². The fourth-order valence-electron chi connectivity index (χ4n) is 4.45. The number of nitrogens with two attached hydrogens (primary N) is 1. The Morgan fingerprint density at radius 3 is 3.08 bits per heavy atom. The fraction of sp³-hybridized carbons (Fsp3) is 0.556. The second-order valence-electron chi connectivity index (χ2n) is 7.17. The molecule has 134 valence electrons. The molecule has 4 unspecified atom stereocenters. The highest BCUT2D eigenvalue weighted by Crippen LogP contribution is 2.42. The summed E-state index contributed by atoms with van der Waals surface area (Å²) in [5.74, 6) is 0.858. The zero-order chi connectivity index (χ0) is 17.4. The summed E-state index contributed by atoms with van der Waals surface area (Å²) in [4.78, 5) is 19.9. The predicted octanol–water partition coefficient (Wildman–Crippen LogP) is 1.17. The maximum atomic E-state index is 12.1. The van der Waals surface area contributed by atoms with E-state index in [1.807, 2.05) is 12.4 Å². The Labute approximate surface area is 146 Å². The number of hydrazine groups is 1. The zero-order valence-electron chi connectivity index (χ0n) is 14.4. The molecule has 7 heteroatoms. The summed E-state index contributed by atoms with van der Waals surface area (Å²) in [7, 11) is 1.70. The lowest BCUT2D eigenvalue weighted by Gasteiger charge is -2.43. The summed E-state index contributed by atoms with van der Waals surface area (Å²) in [6.07, 6.45) is 6.79. The molecular formula is C18H25N5O2. The Bertz CT molecular complexity index is 774. The zero-order valence-corrected chi connectivity index (χ0v) is 14.4. The first-order valence-corrected chi connectivity index (χ1v) is 8.91. The van der Waals surface area contributed by atoms with Crippen LogP contribution in [0.25, 0.3) is 11.0 Å². The predicted molar refractivity (Wildman–Crippen MR) is 94.5 cm³/mol. The number of nitrogens with one attached hydrogen (secondary N) is 3. The molecule has 2 aliphatic rings. The van der Waals surface area contributed by atoms with E-state index in [0.29, 0.717) is 19.1 Å².